The van der Waals surface area contributed by atoms with Crippen molar-refractivity contribution in [1.82, 2.24) is 5.32 Å². The zero-order chi connectivity index (χ0) is 12.8. The molecule has 1 rings (SSSR count). The van der Waals surface area contributed by atoms with Crippen molar-refractivity contribution < 1.29 is 4.74 Å². The summed E-state index contributed by atoms with van der Waals surface area (Å²) in [6, 6.07) is 8.06. The van der Waals surface area contributed by atoms with Crippen LogP contribution in [-0.4, -0.2) is 20.2 Å². The summed E-state index contributed by atoms with van der Waals surface area (Å²) >= 11 is 0. The Morgan fingerprint density at radius 3 is 2.76 bits per heavy atom. The zero-order valence-electron chi connectivity index (χ0n) is 10.7. The van der Waals surface area contributed by atoms with Crippen LogP contribution in [0.4, 0.5) is 0 Å². The van der Waals surface area contributed by atoms with E-state index >= 15 is 0 Å². The topological polar surface area (TPSA) is 45.0 Å². The Hall–Kier alpha value is -1.79. The highest BCUT2D eigenvalue weighted by Gasteiger charge is 2.04. The fraction of sp³-hybridized carbons (Fsp3) is 0.357. The summed E-state index contributed by atoms with van der Waals surface area (Å²) in [5.74, 6) is 0.615. The number of hydrogen-bond donors (Lipinski definition) is 1. The van der Waals surface area contributed by atoms with E-state index in [0.717, 1.165) is 5.56 Å². The Morgan fingerprint density at radius 1 is 1.53 bits per heavy atom. The minimum atomic E-state index is 0.322. The van der Waals surface area contributed by atoms with Crippen molar-refractivity contribution in [3.05, 3.63) is 34.9 Å². The van der Waals surface area contributed by atoms with Gasteiger partial charge >= 0.3 is 0 Å². The van der Waals surface area contributed by atoms with E-state index in [1.54, 1.807) is 7.11 Å². The van der Waals surface area contributed by atoms with Crippen LogP contribution in [0, 0.1) is 11.3 Å². The van der Waals surface area contributed by atoms with Crippen molar-refractivity contribution in [1.29, 1.82) is 5.26 Å². The van der Waals surface area contributed by atoms with Gasteiger partial charge in [-0.3, -0.25) is 0 Å². The number of hydrogen-bond acceptors (Lipinski definition) is 3. The van der Waals surface area contributed by atoms with E-state index in [4.69, 9.17) is 10.00 Å². The third-order valence-corrected chi connectivity index (χ3v) is 2.85. The molecule has 0 aromatic heterocycles. The predicted molar refractivity (Wildman–Crippen MR) is 69.9 cm³/mol. The molecule has 3 heteroatoms. The summed E-state index contributed by atoms with van der Waals surface area (Å²) in [5, 5.41) is 12.2. The molecule has 0 bridgehead atoms. The van der Waals surface area contributed by atoms with E-state index in [1.165, 1.54) is 5.57 Å². The fourth-order valence-corrected chi connectivity index (χ4v) is 1.52. The standard InChI is InChI=1S/C14H18N2O/c1-10(11(2)16-3)7-12-5-6-14(17-4)13(8-12)9-15/h5-8,11,16H,1-4H3/b10-7+. The lowest BCUT2D eigenvalue weighted by Crippen LogP contribution is -2.21. The minimum absolute atomic E-state index is 0.322. The average molecular weight is 230 g/mol. The third-order valence-electron chi connectivity index (χ3n) is 2.85. The number of methoxy groups -OCH3 is 1. The summed E-state index contributed by atoms with van der Waals surface area (Å²) in [4.78, 5) is 0. The predicted octanol–water partition coefficient (Wildman–Crippen LogP) is 2.58. The zero-order valence-corrected chi connectivity index (χ0v) is 10.7. The van der Waals surface area contributed by atoms with Gasteiger partial charge < -0.3 is 10.1 Å². The van der Waals surface area contributed by atoms with Crippen LogP contribution in [0.5, 0.6) is 5.75 Å². The van der Waals surface area contributed by atoms with Crippen molar-refractivity contribution in [2.75, 3.05) is 14.2 Å². The van der Waals surface area contributed by atoms with Gasteiger partial charge in [0.1, 0.15) is 11.8 Å². The van der Waals surface area contributed by atoms with Crippen molar-refractivity contribution >= 4 is 6.08 Å². The first-order valence-electron chi connectivity index (χ1n) is 5.56. The number of nitrogens with one attached hydrogen (secondary N) is 1. The maximum absolute atomic E-state index is 9.00. The molecule has 1 unspecified atom stereocenters. The molecule has 1 N–H and O–H groups in total. The number of benzene rings is 1. The van der Waals surface area contributed by atoms with Crippen LogP contribution in [0.1, 0.15) is 25.0 Å². The second-order valence-electron chi connectivity index (χ2n) is 3.97. The Balaban J connectivity index is 3.06. The first-order valence-corrected chi connectivity index (χ1v) is 5.56. The summed E-state index contributed by atoms with van der Waals surface area (Å²) in [6.07, 6.45) is 2.07. The molecule has 0 heterocycles. The summed E-state index contributed by atoms with van der Waals surface area (Å²) in [7, 11) is 3.50. The first kappa shape index (κ1) is 13.3. The Bertz CT molecular complexity index is 458. The number of ether oxygens (including phenoxy) is 1. The Labute approximate surface area is 103 Å². The molecule has 17 heavy (non-hydrogen) atoms. The van der Waals surface area contributed by atoms with E-state index in [9.17, 15) is 0 Å². The van der Waals surface area contributed by atoms with Crippen LogP contribution in [0.3, 0.4) is 0 Å². The lowest BCUT2D eigenvalue weighted by atomic mass is 10.0. The number of nitrogens with zero attached hydrogens (tertiary/aromatic N) is 1. The van der Waals surface area contributed by atoms with Crippen molar-refractivity contribution in [3.63, 3.8) is 0 Å². The molecule has 0 aliphatic carbocycles. The monoisotopic (exact) mass is 230 g/mol. The van der Waals surface area contributed by atoms with E-state index in [1.807, 2.05) is 25.2 Å². The fourth-order valence-electron chi connectivity index (χ4n) is 1.52. The molecular formula is C14H18N2O. The molecule has 0 fully saturated rings. The van der Waals surface area contributed by atoms with Gasteiger partial charge in [0, 0.05) is 6.04 Å². The van der Waals surface area contributed by atoms with Gasteiger partial charge in [0.05, 0.1) is 12.7 Å². The molecule has 1 aromatic rings. The third kappa shape index (κ3) is 3.33. The van der Waals surface area contributed by atoms with Gasteiger partial charge in [0.25, 0.3) is 0 Å². The summed E-state index contributed by atoms with van der Waals surface area (Å²) < 4.78 is 5.11. The molecule has 0 amide bonds. The van der Waals surface area contributed by atoms with Gasteiger partial charge in [-0.05, 0) is 38.6 Å². The van der Waals surface area contributed by atoms with Crippen LogP contribution in [0.25, 0.3) is 6.08 Å². The SMILES string of the molecule is CNC(C)/C(C)=C/c1ccc(OC)c(C#N)c1. The van der Waals surface area contributed by atoms with Crippen LogP contribution >= 0.6 is 0 Å². The second-order valence-corrected chi connectivity index (χ2v) is 3.97. The normalized spacial score (nSPS) is 13.0. The van der Waals surface area contributed by atoms with E-state index in [2.05, 4.69) is 31.3 Å². The van der Waals surface area contributed by atoms with Gasteiger partial charge in [-0.1, -0.05) is 17.7 Å². The van der Waals surface area contributed by atoms with Crippen LogP contribution in [0.15, 0.2) is 23.8 Å². The number of rotatable bonds is 4. The van der Waals surface area contributed by atoms with Gasteiger partial charge in [-0.25, -0.2) is 0 Å². The lowest BCUT2D eigenvalue weighted by molar-refractivity contribution is 0.413. The molecule has 90 valence electrons. The van der Waals surface area contributed by atoms with Gasteiger partial charge in [-0.2, -0.15) is 5.26 Å². The highest BCUT2D eigenvalue weighted by atomic mass is 16.5. The maximum atomic E-state index is 9.00. The van der Waals surface area contributed by atoms with E-state index in [-0.39, 0.29) is 0 Å². The molecule has 0 saturated carbocycles. The van der Waals surface area contributed by atoms with E-state index < -0.39 is 0 Å². The van der Waals surface area contributed by atoms with Crippen LogP contribution in [0.2, 0.25) is 0 Å². The quantitative estimate of drug-likeness (QED) is 0.864. The maximum Gasteiger partial charge on any atom is 0.136 e. The molecule has 0 aliphatic rings. The Morgan fingerprint density at radius 2 is 2.24 bits per heavy atom. The summed E-state index contributed by atoms with van der Waals surface area (Å²) in [6.45, 7) is 4.16. The number of nitriles is 1. The van der Waals surface area contributed by atoms with Crippen LogP contribution in [-0.2, 0) is 0 Å². The van der Waals surface area contributed by atoms with Gasteiger partial charge in [-0.15, -0.1) is 0 Å². The highest BCUT2D eigenvalue weighted by molar-refractivity contribution is 5.58. The Kier molecular flexibility index (Phi) is 4.74. The average Bonchev–Trinajstić information content (AvgIpc) is 2.37. The number of likely N-dealkylation sites (N-methyl/N-ethyl adjacent to an activating group) is 1. The lowest BCUT2D eigenvalue weighted by Gasteiger charge is -2.11. The first-order chi connectivity index (χ1) is 8.12. The van der Waals surface area contributed by atoms with Crippen molar-refractivity contribution in [2.24, 2.45) is 0 Å². The molecule has 1 atom stereocenters. The molecule has 0 saturated heterocycles. The van der Waals surface area contributed by atoms with Crippen molar-refractivity contribution in [2.45, 2.75) is 19.9 Å². The smallest absolute Gasteiger partial charge is 0.136 e. The van der Waals surface area contributed by atoms with Crippen LogP contribution < -0.4 is 10.1 Å². The van der Waals surface area contributed by atoms with Gasteiger partial charge in [0.15, 0.2) is 0 Å². The molecule has 1 aromatic carbocycles. The largest absolute Gasteiger partial charge is 0.495 e. The minimum Gasteiger partial charge on any atom is -0.495 e. The van der Waals surface area contributed by atoms with Crippen molar-refractivity contribution in [3.8, 4) is 11.8 Å². The second kappa shape index (κ2) is 6.07. The van der Waals surface area contributed by atoms with Gasteiger partial charge in [0.2, 0.25) is 0 Å². The molecule has 3 nitrogen and oxygen atoms in total. The molecule has 0 radical (unpaired) electrons. The summed E-state index contributed by atoms with van der Waals surface area (Å²) in [5.41, 5.74) is 2.80. The molecule has 0 spiro atoms. The highest BCUT2D eigenvalue weighted by Crippen LogP contribution is 2.20. The van der Waals surface area contributed by atoms with E-state index in [0.29, 0.717) is 17.4 Å². The molecular weight excluding hydrogens is 212 g/mol. The molecule has 0 aliphatic heterocycles.